The predicted octanol–water partition coefficient (Wildman–Crippen LogP) is 4.93. The topological polar surface area (TPSA) is 64.2 Å². The fraction of sp³-hybridized carbons (Fsp3) is 0.125. The summed E-state index contributed by atoms with van der Waals surface area (Å²) >= 11 is 1.53. The average molecular weight is 446 g/mol. The van der Waals surface area contributed by atoms with Gasteiger partial charge in [-0.3, -0.25) is 9.20 Å². The Kier molecular flexibility index (Phi) is 5.07. The molecule has 0 spiro atoms. The van der Waals surface area contributed by atoms with Gasteiger partial charge in [0.25, 0.3) is 5.91 Å². The van der Waals surface area contributed by atoms with Gasteiger partial charge < -0.3 is 5.32 Å². The molecule has 0 aliphatic carbocycles. The van der Waals surface area contributed by atoms with Crippen LogP contribution in [0.3, 0.4) is 0 Å². The number of halogens is 1. The van der Waals surface area contributed by atoms with E-state index in [1.54, 1.807) is 23.0 Å². The highest BCUT2D eigenvalue weighted by molar-refractivity contribution is 7.17. The van der Waals surface area contributed by atoms with E-state index in [9.17, 15) is 9.18 Å². The van der Waals surface area contributed by atoms with Crippen LogP contribution in [-0.2, 0) is 6.54 Å². The average Bonchev–Trinajstić information content (AvgIpc) is 3.48. The summed E-state index contributed by atoms with van der Waals surface area (Å²) in [4.78, 5) is 19.3. The zero-order valence-corrected chi connectivity index (χ0v) is 18.4. The van der Waals surface area contributed by atoms with Gasteiger partial charge in [0, 0.05) is 22.3 Å². The molecule has 0 atom stereocenters. The molecule has 1 amide bonds. The van der Waals surface area contributed by atoms with Gasteiger partial charge in [-0.25, -0.2) is 14.1 Å². The zero-order valence-electron chi connectivity index (χ0n) is 17.5. The van der Waals surface area contributed by atoms with Crippen molar-refractivity contribution in [2.45, 2.75) is 20.4 Å². The van der Waals surface area contributed by atoms with E-state index < -0.39 is 0 Å². The third-order valence-corrected chi connectivity index (χ3v) is 6.61. The molecule has 0 bridgehead atoms. The number of fused-ring (bicyclic) bond motifs is 1. The summed E-state index contributed by atoms with van der Waals surface area (Å²) in [5.41, 5.74) is 4.92. The molecule has 32 heavy (non-hydrogen) atoms. The Morgan fingerprint density at radius 3 is 2.53 bits per heavy atom. The van der Waals surface area contributed by atoms with Crippen LogP contribution >= 0.6 is 11.3 Å². The Balaban J connectivity index is 1.33. The summed E-state index contributed by atoms with van der Waals surface area (Å²) in [7, 11) is 0. The fourth-order valence-corrected chi connectivity index (χ4v) is 4.68. The Hall–Kier alpha value is -3.78. The normalized spacial score (nSPS) is 11.2. The van der Waals surface area contributed by atoms with Crippen LogP contribution in [0, 0.1) is 19.7 Å². The zero-order chi connectivity index (χ0) is 22.2. The summed E-state index contributed by atoms with van der Waals surface area (Å²) in [5.74, 6) is -0.435. The molecule has 0 saturated carbocycles. The first-order valence-electron chi connectivity index (χ1n) is 10.1. The molecule has 3 heterocycles. The monoisotopic (exact) mass is 445 g/mol. The van der Waals surface area contributed by atoms with Crippen molar-refractivity contribution < 1.29 is 9.18 Å². The molecule has 160 valence electrons. The molecule has 5 rings (SSSR count). The molecule has 8 heteroatoms. The van der Waals surface area contributed by atoms with E-state index in [-0.39, 0.29) is 11.7 Å². The van der Waals surface area contributed by atoms with Crippen molar-refractivity contribution in [2.24, 2.45) is 0 Å². The quantitative estimate of drug-likeness (QED) is 0.417. The molecule has 6 nitrogen and oxygen atoms in total. The predicted molar refractivity (Wildman–Crippen MR) is 123 cm³/mol. The summed E-state index contributed by atoms with van der Waals surface area (Å²) in [6, 6.07) is 16.0. The highest BCUT2D eigenvalue weighted by Gasteiger charge is 2.17. The minimum absolute atomic E-state index is 0.165. The van der Waals surface area contributed by atoms with E-state index in [1.165, 1.54) is 23.5 Å². The lowest BCUT2D eigenvalue weighted by atomic mass is 10.2. The van der Waals surface area contributed by atoms with Crippen LogP contribution in [0.4, 0.5) is 4.39 Å². The lowest BCUT2D eigenvalue weighted by Crippen LogP contribution is -2.23. The number of carbonyl (C=O) groups is 1. The minimum atomic E-state index is -0.270. The number of rotatable bonds is 5. The van der Waals surface area contributed by atoms with E-state index in [2.05, 4.69) is 15.4 Å². The molecule has 0 radical (unpaired) electrons. The van der Waals surface area contributed by atoms with Crippen molar-refractivity contribution >= 4 is 22.2 Å². The second kappa shape index (κ2) is 8.05. The molecular formula is C24H20FN5OS. The van der Waals surface area contributed by atoms with Crippen molar-refractivity contribution in [3.63, 3.8) is 0 Å². The van der Waals surface area contributed by atoms with Crippen molar-refractivity contribution in [3.8, 4) is 16.9 Å². The molecule has 3 aromatic heterocycles. The second-order valence-electron chi connectivity index (χ2n) is 7.47. The van der Waals surface area contributed by atoms with Crippen LogP contribution in [0.15, 0.2) is 67.0 Å². The van der Waals surface area contributed by atoms with Gasteiger partial charge in [0.2, 0.25) is 0 Å². The van der Waals surface area contributed by atoms with E-state index in [0.29, 0.717) is 12.1 Å². The summed E-state index contributed by atoms with van der Waals surface area (Å²) in [6.07, 6.45) is 3.54. The van der Waals surface area contributed by atoms with Gasteiger partial charge >= 0.3 is 0 Å². The Bertz CT molecular complexity index is 1420. The number of thiazole rings is 1. The number of aromatic nitrogens is 4. The number of benzene rings is 2. The van der Waals surface area contributed by atoms with Crippen molar-refractivity contribution in [1.82, 2.24) is 24.5 Å². The first kappa shape index (κ1) is 20.1. The smallest absolute Gasteiger partial charge is 0.255 e. The SMILES string of the molecule is Cc1c(C(=O)NCc2sc3nc(-c4ccc(F)cc4)cn3c2C)cnn1-c1ccccc1. The number of carbonyl (C=O) groups excluding carboxylic acids is 1. The molecule has 1 N–H and O–H groups in total. The van der Waals surface area contributed by atoms with Gasteiger partial charge in [-0.05, 0) is 50.2 Å². The van der Waals surface area contributed by atoms with Gasteiger partial charge in [0.15, 0.2) is 4.96 Å². The van der Waals surface area contributed by atoms with Crippen molar-refractivity contribution in [1.29, 1.82) is 0 Å². The first-order chi connectivity index (χ1) is 15.5. The number of hydrogen-bond donors (Lipinski definition) is 1. The Morgan fingerprint density at radius 2 is 1.81 bits per heavy atom. The maximum atomic E-state index is 13.2. The third kappa shape index (κ3) is 3.58. The number of aryl methyl sites for hydroxylation is 1. The number of imidazole rings is 1. The molecule has 0 unspecified atom stereocenters. The van der Waals surface area contributed by atoms with Gasteiger partial charge in [0.1, 0.15) is 5.82 Å². The highest BCUT2D eigenvalue weighted by atomic mass is 32.1. The lowest BCUT2D eigenvalue weighted by molar-refractivity contribution is 0.0950. The van der Waals surface area contributed by atoms with Crippen LogP contribution in [0.5, 0.6) is 0 Å². The Morgan fingerprint density at radius 1 is 1.06 bits per heavy atom. The van der Waals surface area contributed by atoms with Gasteiger partial charge in [-0.1, -0.05) is 29.5 Å². The van der Waals surface area contributed by atoms with Crippen LogP contribution in [0.1, 0.15) is 26.6 Å². The Labute approximate surface area is 188 Å². The summed E-state index contributed by atoms with van der Waals surface area (Å²) < 4.78 is 16.9. The summed E-state index contributed by atoms with van der Waals surface area (Å²) in [6.45, 7) is 4.29. The minimum Gasteiger partial charge on any atom is -0.347 e. The molecule has 2 aromatic carbocycles. The lowest BCUT2D eigenvalue weighted by Gasteiger charge is -2.06. The second-order valence-corrected chi connectivity index (χ2v) is 8.53. The highest BCUT2D eigenvalue weighted by Crippen LogP contribution is 2.27. The molecule has 0 fully saturated rings. The van der Waals surface area contributed by atoms with Crippen LogP contribution in [0.25, 0.3) is 21.9 Å². The number of hydrogen-bond acceptors (Lipinski definition) is 4. The van der Waals surface area contributed by atoms with Crippen LogP contribution < -0.4 is 5.32 Å². The molecule has 0 saturated heterocycles. The number of para-hydroxylation sites is 1. The molecule has 0 aliphatic heterocycles. The van der Waals surface area contributed by atoms with E-state index >= 15 is 0 Å². The van der Waals surface area contributed by atoms with Crippen LogP contribution in [0.2, 0.25) is 0 Å². The van der Waals surface area contributed by atoms with E-state index in [0.717, 1.165) is 38.2 Å². The maximum Gasteiger partial charge on any atom is 0.255 e. The number of amides is 1. The number of nitrogens with one attached hydrogen (secondary N) is 1. The van der Waals surface area contributed by atoms with Crippen molar-refractivity contribution in [3.05, 3.63) is 94.6 Å². The largest absolute Gasteiger partial charge is 0.347 e. The van der Waals surface area contributed by atoms with Gasteiger partial charge in [-0.15, -0.1) is 0 Å². The van der Waals surface area contributed by atoms with E-state index in [1.807, 2.05) is 54.8 Å². The number of nitrogens with zero attached hydrogens (tertiary/aromatic N) is 4. The third-order valence-electron chi connectivity index (χ3n) is 5.46. The molecule has 0 aliphatic rings. The maximum absolute atomic E-state index is 13.2. The van der Waals surface area contributed by atoms with Gasteiger partial charge in [-0.2, -0.15) is 5.10 Å². The summed E-state index contributed by atoms with van der Waals surface area (Å²) in [5, 5.41) is 7.37. The van der Waals surface area contributed by atoms with Crippen molar-refractivity contribution in [2.75, 3.05) is 0 Å². The standard InChI is InChI=1S/C24H20FN5OS/c1-15-20(12-27-30(15)19-6-4-3-5-7-19)23(31)26-13-22-16(2)29-14-21(28-24(29)32-22)17-8-10-18(25)11-9-17/h3-12,14H,13H2,1-2H3,(H,26,31). The molecular weight excluding hydrogens is 425 g/mol. The van der Waals surface area contributed by atoms with Crippen LogP contribution in [-0.4, -0.2) is 25.1 Å². The van der Waals surface area contributed by atoms with E-state index in [4.69, 9.17) is 0 Å². The first-order valence-corrected chi connectivity index (χ1v) is 10.9. The molecule has 5 aromatic rings. The van der Waals surface area contributed by atoms with Gasteiger partial charge in [0.05, 0.1) is 35.4 Å². The fourth-order valence-electron chi connectivity index (χ4n) is 3.64.